The fraction of sp³-hybridized carbons (Fsp3) is 0.455. The number of para-hydroxylation sites is 1. The number of aliphatic hydroxyl groups is 2. The molecule has 0 saturated carbocycles. The van der Waals surface area contributed by atoms with Crippen LogP contribution in [0.1, 0.15) is 13.8 Å². The highest BCUT2D eigenvalue weighted by atomic mass is 16.5. The van der Waals surface area contributed by atoms with Crippen LogP contribution in [0.5, 0.6) is 0 Å². The molecule has 160 valence electrons. The Kier molecular flexibility index (Phi) is 10.3. The second-order valence-electron chi connectivity index (χ2n) is 6.64. The van der Waals surface area contributed by atoms with Gasteiger partial charge in [0.15, 0.2) is 0 Å². The van der Waals surface area contributed by atoms with Crippen molar-refractivity contribution in [3.05, 3.63) is 48.5 Å². The molecule has 0 saturated heterocycles. The van der Waals surface area contributed by atoms with E-state index in [-0.39, 0.29) is 13.2 Å². The van der Waals surface area contributed by atoms with Crippen molar-refractivity contribution in [2.45, 2.75) is 26.1 Å². The van der Waals surface area contributed by atoms with Gasteiger partial charge in [0.2, 0.25) is 0 Å². The zero-order chi connectivity index (χ0) is 20.9. The Labute approximate surface area is 173 Å². The van der Waals surface area contributed by atoms with Crippen LogP contribution in [0.4, 0.5) is 22.7 Å². The molecule has 7 nitrogen and oxygen atoms in total. The molecule has 0 spiro atoms. The summed E-state index contributed by atoms with van der Waals surface area (Å²) in [4.78, 5) is 0. The van der Waals surface area contributed by atoms with Gasteiger partial charge in [0.05, 0.1) is 36.8 Å². The number of ether oxygens (including phenoxy) is 2. The Balaban J connectivity index is 2.06. The van der Waals surface area contributed by atoms with Gasteiger partial charge in [-0.1, -0.05) is 18.2 Å². The number of benzene rings is 2. The Morgan fingerprint density at radius 3 is 1.93 bits per heavy atom. The average molecular weight is 404 g/mol. The summed E-state index contributed by atoms with van der Waals surface area (Å²) in [5, 5.41) is 30.0. The molecule has 2 aromatic rings. The van der Waals surface area contributed by atoms with Gasteiger partial charge in [0.1, 0.15) is 0 Å². The number of anilines is 4. The van der Waals surface area contributed by atoms with Crippen molar-refractivity contribution < 1.29 is 19.7 Å². The molecule has 0 bridgehead atoms. The Hall–Kier alpha value is -2.32. The quantitative estimate of drug-likeness (QED) is 0.331. The van der Waals surface area contributed by atoms with Crippen molar-refractivity contribution in [1.29, 1.82) is 0 Å². The molecule has 7 heteroatoms. The topological polar surface area (TPSA) is 95.0 Å². The molecular weight excluding hydrogens is 370 g/mol. The minimum Gasteiger partial charge on any atom is -0.389 e. The molecule has 0 aliphatic rings. The summed E-state index contributed by atoms with van der Waals surface area (Å²) in [6.45, 7) is 6.21. The lowest BCUT2D eigenvalue weighted by molar-refractivity contribution is 0.0493. The van der Waals surface area contributed by atoms with Gasteiger partial charge in [0, 0.05) is 37.7 Å². The smallest absolute Gasteiger partial charge is 0.0945 e. The summed E-state index contributed by atoms with van der Waals surface area (Å²) in [6, 6.07) is 15.8. The predicted molar refractivity (Wildman–Crippen MR) is 118 cm³/mol. The van der Waals surface area contributed by atoms with Crippen molar-refractivity contribution in [2.75, 3.05) is 55.5 Å². The van der Waals surface area contributed by atoms with Crippen molar-refractivity contribution in [3.63, 3.8) is 0 Å². The molecular formula is C22H33N3O4. The molecule has 29 heavy (non-hydrogen) atoms. The van der Waals surface area contributed by atoms with Gasteiger partial charge < -0.3 is 35.6 Å². The number of hydrogen-bond acceptors (Lipinski definition) is 7. The summed E-state index contributed by atoms with van der Waals surface area (Å²) in [5.74, 6) is 0. The zero-order valence-electron chi connectivity index (χ0n) is 17.2. The number of rotatable bonds is 14. The van der Waals surface area contributed by atoms with E-state index in [1.165, 1.54) is 0 Å². The van der Waals surface area contributed by atoms with Gasteiger partial charge >= 0.3 is 0 Å². The molecule has 5 N–H and O–H groups in total. The van der Waals surface area contributed by atoms with E-state index in [0.29, 0.717) is 26.3 Å². The second kappa shape index (κ2) is 13.0. The standard InChI is InChI=1S/C22H33N3O4/c1-3-28-15-19(26)13-23-21-11-10-18(25-17-8-6-5-7-9-17)12-22(21)24-14-20(27)16-29-4-2/h5-12,19-20,23-27H,3-4,13-16H2,1-2H3. The van der Waals surface area contributed by atoms with Gasteiger partial charge in [-0.05, 0) is 44.2 Å². The molecule has 2 rings (SSSR count). The van der Waals surface area contributed by atoms with Gasteiger partial charge in [0.25, 0.3) is 0 Å². The summed E-state index contributed by atoms with van der Waals surface area (Å²) in [7, 11) is 0. The molecule has 0 aliphatic carbocycles. The van der Waals surface area contributed by atoms with E-state index in [1.54, 1.807) is 0 Å². The summed E-state index contributed by atoms with van der Waals surface area (Å²) >= 11 is 0. The van der Waals surface area contributed by atoms with Crippen LogP contribution in [-0.4, -0.2) is 61.9 Å². The molecule has 0 aromatic heterocycles. The third kappa shape index (κ3) is 8.70. The van der Waals surface area contributed by atoms with Crippen LogP contribution in [-0.2, 0) is 9.47 Å². The van der Waals surface area contributed by atoms with Crippen LogP contribution in [0.3, 0.4) is 0 Å². The number of aliphatic hydroxyl groups excluding tert-OH is 2. The number of hydrogen-bond donors (Lipinski definition) is 5. The molecule has 0 amide bonds. The summed E-state index contributed by atoms with van der Waals surface area (Å²) in [5.41, 5.74) is 3.56. The third-order valence-corrected chi connectivity index (χ3v) is 4.17. The van der Waals surface area contributed by atoms with Crippen molar-refractivity contribution in [1.82, 2.24) is 0 Å². The first kappa shape index (κ1) is 23.0. The Morgan fingerprint density at radius 2 is 1.34 bits per heavy atom. The van der Waals surface area contributed by atoms with E-state index < -0.39 is 12.2 Å². The fourth-order valence-electron chi connectivity index (χ4n) is 2.69. The van der Waals surface area contributed by atoms with Crippen LogP contribution >= 0.6 is 0 Å². The maximum Gasteiger partial charge on any atom is 0.0945 e. The average Bonchev–Trinajstić information content (AvgIpc) is 2.74. The highest BCUT2D eigenvalue weighted by molar-refractivity contribution is 5.76. The van der Waals surface area contributed by atoms with E-state index in [0.717, 1.165) is 22.7 Å². The normalized spacial score (nSPS) is 13.0. The molecule has 2 atom stereocenters. The monoisotopic (exact) mass is 403 g/mol. The minimum atomic E-state index is -0.614. The van der Waals surface area contributed by atoms with Crippen LogP contribution in [0.25, 0.3) is 0 Å². The maximum absolute atomic E-state index is 10.1. The summed E-state index contributed by atoms with van der Waals surface area (Å²) in [6.07, 6.45) is -1.22. The van der Waals surface area contributed by atoms with Crippen LogP contribution in [0.15, 0.2) is 48.5 Å². The minimum absolute atomic E-state index is 0.279. The van der Waals surface area contributed by atoms with Crippen molar-refractivity contribution in [3.8, 4) is 0 Å². The molecule has 0 fully saturated rings. The van der Waals surface area contributed by atoms with Crippen molar-refractivity contribution in [2.24, 2.45) is 0 Å². The van der Waals surface area contributed by atoms with Gasteiger partial charge in [-0.3, -0.25) is 0 Å². The highest BCUT2D eigenvalue weighted by Crippen LogP contribution is 2.28. The van der Waals surface area contributed by atoms with Crippen LogP contribution in [0, 0.1) is 0 Å². The molecule has 0 heterocycles. The van der Waals surface area contributed by atoms with E-state index in [1.807, 2.05) is 62.4 Å². The Morgan fingerprint density at radius 1 is 0.759 bits per heavy atom. The van der Waals surface area contributed by atoms with E-state index in [2.05, 4.69) is 16.0 Å². The predicted octanol–water partition coefficient (Wildman–Crippen LogP) is 3.05. The lowest BCUT2D eigenvalue weighted by atomic mass is 10.2. The van der Waals surface area contributed by atoms with Crippen LogP contribution in [0.2, 0.25) is 0 Å². The number of nitrogens with one attached hydrogen (secondary N) is 3. The largest absolute Gasteiger partial charge is 0.389 e. The fourth-order valence-corrected chi connectivity index (χ4v) is 2.69. The van der Waals surface area contributed by atoms with Gasteiger partial charge in [-0.15, -0.1) is 0 Å². The highest BCUT2D eigenvalue weighted by Gasteiger charge is 2.10. The molecule has 0 aliphatic heterocycles. The first-order chi connectivity index (χ1) is 14.1. The van der Waals surface area contributed by atoms with Gasteiger partial charge in [-0.25, -0.2) is 0 Å². The van der Waals surface area contributed by atoms with Gasteiger partial charge in [-0.2, -0.15) is 0 Å². The van der Waals surface area contributed by atoms with Crippen molar-refractivity contribution >= 4 is 22.7 Å². The van der Waals surface area contributed by atoms with E-state index >= 15 is 0 Å². The van der Waals surface area contributed by atoms with Crippen LogP contribution < -0.4 is 16.0 Å². The zero-order valence-corrected chi connectivity index (χ0v) is 17.2. The van der Waals surface area contributed by atoms with E-state index in [9.17, 15) is 10.2 Å². The van der Waals surface area contributed by atoms with E-state index in [4.69, 9.17) is 9.47 Å². The second-order valence-corrected chi connectivity index (χ2v) is 6.64. The molecule has 2 aromatic carbocycles. The Bertz CT molecular complexity index is 700. The first-order valence-corrected chi connectivity index (χ1v) is 10.1. The summed E-state index contributed by atoms with van der Waals surface area (Å²) < 4.78 is 10.5. The lowest BCUT2D eigenvalue weighted by Gasteiger charge is -2.19. The lowest BCUT2D eigenvalue weighted by Crippen LogP contribution is -2.27. The molecule has 0 radical (unpaired) electrons. The first-order valence-electron chi connectivity index (χ1n) is 10.1. The third-order valence-electron chi connectivity index (χ3n) is 4.17. The maximum atomic E-state index is 10.1. The SMILES string of the molecule is CCOCC(O)CNc1ccc(Nc2ccccc2)cc1NCC(O)COCC. The molecule has 2 unspecified atom stereocenters.